The van der Waals surface area contributed by atoms with E-state index in [1.165, 1.54) is 0 Å². The molecular weight excluding hydrogens is 324 g/mol. The molecule has 0 atom stereocenters. The SMILES string of the molecule is CC(CCC(=O)O)(CCC(=O)OC(C)(C)C)CCC(=O)OC(C)(C)C. The highest BCUT2D eigenvalue weighted by atomic mass is 16.6. The van der Waals surface area contributed by atoms with E-state index in [1.807, 2.05) is 6.92 Å². The zero-order chi connectivity index (χ0) is 19.9. The van der Waals surface area contributed by atoms with Crippen molar-refractivity contribution >= 4 is 17.9 Å². The average molecular weight is 358 g/mol. The highest BCUT2D eigenvalue weighted by Crippen LogP contribution is 2.35. The second kappa shape index (κ2) is 9.20. The fourth-order valence-corrected chi connectivity index (χ4v) is 2.38. The number of carboxylic acid groups (broad SMARTS) is 1. The summed E-state index contributed by atoms with van der Waals surface area (Å²) in [5.41, 5.74) is -1.54. The van der Waals surface area contributed by atoms with E-state index in [-0.39, 0.29) is 31.2 Å². The molecule has 0 saturated heterocycles. The topological polar surface area (TPSA) is 89.9 Å². The molecule has 0 radical (unpaired) electrons. The van der Waals surface area contributed by atoms with E-state index in [0.717, 1.165) is 0 Å². The number of aliphatic carboxylic acids is 1. The minimum absolute atomic E-state index is 0.000856. The number of carbonyl (C=O) groups is 3. The summed E-state index contributed by atoms with van der Waals surface area (Å²) in [6, 6.07) is 0. The third kappa shape index (κ3) is 13.4. The Labute approximate surface area is 151 Å². The van der Waals surface area contributed by atoms with Crippen molar-refractivity contribution in [1.82, 2.24) is 0 Å². The molecule has 146 valence electrons. The van der Waals surface area contributed by atoms with Crippen LogP contribution in [0.15, 0.2) is 0 Å². The Kier molecular flexibility index (Phi) is 8.62. The van der Waals surface area contributed by atoms with Crippen LogP contribution in [0, 0.1) is 5.41 Å². The molecule has 0 aromatic carbocycles. The molecule has 6 heteroatoms. The van der Waals surface area contributed by atoms with Gasteiger partial charge in [0.15, 0.2) is 0 Å². The molecular formula is C19H34O6. The van der Waals surface area contributed by atoms with Crippen LogP contribution in [0.5, 0.6) is 0 Å². The average Bonchev–Trinajstić information content (AvgIpc) is 2.37. The Balaban J connectivity index is 4.74. The maximum atomic E-state index is 11.9. The number of esters is 2. The fourth-order valence-electron chi connectivity index (χ4n) is 2.38. The largest absolute Gasteiger partial charge is 0.481 e. The van der Waals surface area contributed by atoms with Gasteiger partial charge in [-0.15, -0.1) is 0 Å². The van der Waals surface area contributed by atoms with Crippen molar-refractivity contribution in [3.63, 3.8) is 0 Å². The number of hydrogen-bond acceptors (Lipinski definition) is 5. The van der Waals surface area contributed by atoms with Crippen LogP contribution in [0.2, 0.25) is 0 Å². The molecule has 0 aliphatic carbocycles. The predicted molar refractivity (Wildman–Crippen MR) is 95.1 cm³/mol. The van der Waals surface area contributed by atoms with Crippen LogP contribution in [0.1, 0.15) is 87.0 Å². The molecule has 1 N–H and O–H groups in total. The monoisotopic (exact) mass is 358 g/mol. The highest BCUT2D eigenvalue weighted by Gasteiger charge is 2.29. The van der Waals surface area contributed by atoms with Gasteiger partial charge in [0, 0.05) is 19.3 Å². The summed E-state index contributed by atoms with van der Waals surface area (Å²) in [4.78, 5) is 34.8. The molecule has 25 heavy (non-hydrogen) atoms. The van der Waals surface area contributed by atoms with E-state index in [0.29, 0.717) is 19.3 Å². The zero-order valence-electron chi connectivity index (χ0n) is 16.7. The maximum absolute atomic E-state index is 11.9. The predicted octanol–water partition coefficient (Wildman–Crippen LogP) is 4.10. The lowest BCUT2D eigenvalue weighted by molar-refractivity contribution is -0.155. The summed E-state index contributed by atoms with van der Waals surface area (Å²) in [5, 5.41) is 8.95. The lowest BCUT2D eigenvalue weighted by Gasteiger charge is -2.30. The number of hydrogen-bond donors (Lipinski definition) is 1. The van der Waals surface area contributed by atoms with Crippen LogP contribution in [0.25, 0.3) is 0 Å². The number of carboxylic acids is 1. The van der Waals surface area contributed by atoms with Gasteiger partial charge in [-0.2, -0.15) is 0 Å². The van der Waals surface area contributed by atoms with Crippen LogP contribution >= 0.6 is 0 Å². The van der Waals surface area contributed by atoms with Gasteiger partial charge in [0.05, 0.1) is 0 Å². The molecule has 0 aromatic rings. The van der Waals surface area contributed by atoms with Crippen LogP contribution in [-0.2, 0) is 23.9 Å². The second-order valence-electron chi connectivity index (χ2n) is 8.88. The van der Waals surface area contributed by atoms with E-state index in [9.17, 15) is 14.4 Å². The number of ether oxygens (including phenoxy) is 2. The molecule has 0 aromatic heterocycles. The third-order valence-corrected chi connectivity index (χ3v) is 3.65. The summed E-state index contributed by atoms with van der Waals surface area (Å²) < 4.78 is 10.6. The summed E-state index contributed by atoms with van der Waals surface area (Å²) in [6.07, 6.45) is 1.73. The lowest BCUT2D eigenvalue weighted by Crippen LogP contribution is -2.28. The van der Waals surface area contributed by atoms with E-state index in [2.05, 4.69) is 0 Å². The van der Waals surface area contributed by atoms with Crippen molar-refractivity contribution < 1.29 is 29.0 Å². The van der Waals surface area contributed by atoms with Gasteiger partial charge < -0.3 is 14.6 Å². The van der Waals surface area contributed by atoms with Crippen molar-refractivity contribution in [3.8, 4) is 0 Å². The Morgan fingerprint density at radius 1 is 0.680 bits per heavy atom. The van der Waals surface area contributed by atoms with Gasteiger partial charge in [-0.3, -0.25) is 14.4 Å². The van der Waals surface area contributed by atoms with Crippen LogP contribution in [0.4, 0.5) is 0 Å². The van der Waals surface area contributed by atoms with Gasteiger partial charge in [0.25, 0.3) is 0 Å². The quantitative estimate of drug-likeness (QED) is 0.624. The van der Waals surface area contributed by atoms with Gasteiger partial charge in [-0.25, -0.2) is 0 Å². The van der Waals surface area contributed by atoms with Crippen LogP contribution in [0.3, 0.4) is 0 Å². The van der Waals surface area contributed by atoms with Crippen molar-refractivity contribution in [2.45, 2.75) is 98.2 Å². The van der Waals surface area contributed by atoms with Crippen molar-refractivity contribution in [3.05, 3.63) is 0 Å². The maximum Gasteiger partial charge on any atom is 0.306 e. The molecule has 0 aliphatic rings. The number of carbonyl (C=O) groups excluding carboxylic acids is 2. The Morgan fingerprint density at radius 3 is 1.28 bits per heavy atom. The molecule has 0 fully saturated rings. The van der Waals surface area contributed by atoms with E-state index in [1.54, 1.807) is 41.5 Å². The molecule has 0 amide bonds. The zero-order valence-corrected chi connectivity index (χ0v) is 16.7. The molecule has 0 rings (SSSR count). The first-order chi connectivity index (χ1) is 11.1. The molecule has 0 spiro atoms. The summed E-state index contributed by atoms with van der Waals surface area (Å²) in [7, 11) is 0. The molecule has 0 heterocycles. The van der Waals surface area contributed by atoms with E-state index < -0.39 is 22.6 Å². The van der Waals surface area contributed by atoms with Crippen molar-refractivity contribution in [1.29, 1.82) is 0 Å². The lowest BCUT2D eigenvalue weighted by atomic mass is 9.77. The fraction of sp³-hybridized carbons (Fsp3) is 0.842. The van der Waals surface area contributed by atoms with Gasteiger partial charge in [0.2, 0.25) is 0 Å². The van der Waals surface area contributed by atoms with Gasteiger partial charge in [0.1, 0.15) is 11.2 Å². The molecule has 0 aliphatic heterocycles. The van der Waals surface area contributed by atoms with Crippen molar-refractivity contribution in [2.75, 3.05) is 0 Å². The smallest absolute Gasteiger partial charge is 0.306 e. The van der Waals surface area contributed by atoms with E-state index >= 15 is 0 Å². The minimum Gasteiger partial charge on any atom is -0.481 e. The molecule has 0 bridgehead atoms. The van der Waals surface area contributed by atoms with Crippen molar-refractivity contribution in [2.24, 2.45) is 5.41 Å². The number of rotatable bonds is 9. The molecule has 0 saturated carbocycles. The van der Waals surface area contributed by atoms with Gasteiger partial charge in [-0.1, -0.05) is 6.92 Å². The van der Waals surface area contributed by atoms with Crippen LogP contribution in [-0.4, -0.2) is 34.2 Å². The van der Waals surface area contributed by atoms with Gasteiger partial charge >= 0.3 is 17.9 Å². The Hall–Kier alpha value is -1.59. The molecule has 0 unspecified atom stereocenters. The second-order valence-corrected chi connectivity index (χ2v) is 8.88. The van der Waals surface area contributed by atoms with Gasteiger partial charge in [-0.05, 0) is 66.2 Å². The van der Waals surface area contributed by atoms with E-state index in [4.69, 9.17) is 14.6 Å². The highest BCUT2D eigenvalue weighted by molar-refractivity contribution is 5.71. The third-order valence-electron chi connectivity index (χ3n) is 3.65. The van der Waals surface area contributed by atoms with Crippen LogP contribution < -0.4 is 0 Å². The summed E-state index contributed by atoms with van der Waals surface area (Å²) in [6.45, 7) is 12.7. The normalized spacial score (nSPS) is 12.6. The Bertz CT molecular complexity index is 435. The molecule has 6 nitrogen and oxygen atoms in total. The first kappa shape index (κ1) is 23.4. The summed E-state index contributed by atoms with van der Waals surface area (Å²) in [5.74, 6) is -1.52. The standard InChI is InChI=1S/C19H34O6/c1-17(2,3)24-15(22)9-12-19(7,11-8-14(20)21)13-10-16(23)25-18(4,5)6/h8-13H2,1-7H3,(H,20,21). The minimum atomic E-state index is -0.888. The first-order valence-electron chi connectivity index (χ1n) is 8.77. The Morgan fingerprint density at radius 2 is 1.00 bits per heavy atom. The first-order valence-corrected chi connectivity index (χ1v) is 8.77. The summed E-state index contributed by atoms with van der Waals surface area (Å²) >= 11 is 0.